The molecule has 3 rings (SSSR count). The number of rotatable bonds is 9. The second kappa shape index (κ2) is 10.8. The van der Waals surface area contributed by atoms with E-state index in [1.54, 1.807) is 60.7 Å². The van der Waals surface area contributed by atoms with Gasteiger partial charge in [0.1, 0.15) is 6.54 Å². The van der Waals surface area contributed by atoms with Crippen molar-refractivity contribution in [2.75, 3.05) is 22.7 Å². The standard InChI is InChI=1S/C24H22ClN3O4S/c1-2-16-26-24(30)19-12-6-8-14-21(19)27-23(29)17-28(22-15-9-7-13-20(22)25)33(31,32)18-10-4-3-5-11-18/h2-15H,1,16-17H2,(H,26,30)(H,27,29). The van der Waals surface area contributed by atoms with Gasteiger partial charge in [0.05, 0.1) is 26.9 Å². The van der Waals surface area contributed by atoms with Crippen molar-refractivity contribution in [1.82, 2.24) is 5.32 Å². The number of carbonyl (C=O) groups excluding carboxylic acids is 2. The van der Waals surface area contributed by atoms with Gasteiger partial charge in [-0.1, -0.05) is 60.1 Å². The average Bonchev–Trinajstić information content (AvgIpc) is 2.82. The normalized spacial score (nSPS) is 10.8. The number of hydrogen-bond donors (Lipinski definition) is 2. The third-order valence-corrected chi connectivity index (χ3v) is 6.69. The first-order valence-electron chi connectivity index (χ1n) is 9.95. The molecule has 3 aromatic rings. The summed E-state index contributed by atoms with van der Waals surface area (Å²) in [7, 11) is -4.10. The van der Waals surface area contributed by atoms with Crippen LogP contribution in [-0.4, -0.2) is 33.3 Å². The first-order valence-corrected chi connectivity index (χ1v) is 11.8. The SMILES string of the molecule is C=CCNC(=O)c1ccccc1NC(=O)CN(c1ccccc1Cl)S(=O)(=O)c1ccccc1. The van der Waals surface area contributed by atoms with Gasteiger partial charge < -0.3 is 10.6 Å². The van der Waals surface area contributed by atoms with Gasteiger partial charge in [0, 0.05) is 6.54 Å². The molecule has 7 nitrogen and oxygen atoms in total. The summed E-state index contributed by atoms with van der Waals surface area (Å²) in [6.45, 7) is 3.26. The Labute approximate surface area is 197 Å². The zero-order valence-corrected chi connectivity index (χ0v) is 19.1. The van der Waals surface area contributed by atoms with E-state index in [1.807, 2.05) is 0 Å². The van der Waals surface area contributed by atoms with Crippen LogP contribution in [0.25, 0.3) is 0 Å². The van der Waals surface area contributed by atoms with Crippen LogP contribution in [0.4, 0.5) is 11.4 Å². The van der Waals surface area contributed by atoms with Gasteiger partial charge in [0.2, 0.25) is 5.91 Å². The second-order valence-corrected chi connectivity index (χ2v) is 9.14. The van der Waals surface area contributed by atoms with Gasteiger partial charge >= 0.3 is 0 Å². The summed E-state index contributed by atoms with van der Waals surface area (Å²) in [5.74, 6) is -1.04. The molecule has 0 fully saturated rings. The molecular weight excluding hydrogens is 462 g/mol. The number of para-hydroxylation sites is 2. The topological polar surface area (TPSA) is 95.6 Å². The molecule has 2 N–H and O–H groups in total. The summed E-state index contributed by atoms with van der Waals surface area (Å²) in [6.07, 6.45) is 1.54. The van der Waals surface area contributed by atoms with Gasteiger partial charge in [-0.15, -0.1) is 6.58 Å². The maximum Gasteiger partial charge on any atom is 0.264 e. The highest BCUT2D eigenvalue weighted by molar-refractivity contribution is 7.92. The lowest BCUT2D eigenvalue weighted by Crippen LogP contribution is -2.38. The Morgan fingerprint density at radius 3 is 2.27 bits per heavy atom. The Morgan fingerprint density at radius 2 is 1.58 bits per heavy atom. The molecule has 0 spiro atoms. The van der Waals surface area contributed by atoms with Crippen LogP contribution in [-0.2, 0) is 14.8 Å². The van der Waals surface area contributed by atoms with Gasteiger partial charge in [-0.3, -0.25) is 13.9 Å². The number of amides is 2. The van der Waals surface area contributed by atoms with Gasteiger partial charge in [-0.05, 0) is 36.4 Å². The third kappa shape index (κ3) is 5.79. The van der Waals surface area contributed by atoms with Crippen LogP contribution in [0, 0.1) is 0 Å². The number of benzene rings is 3. The van der Waals surface area contributed by atoms with E-state index in [1.165, 1.54) is 24.3 Å². The van der Waals surface area contributed by atoms with Crippen molar-refractivity contribution in [1.29, 1.82) is 0 Å². The highest BCUT2D eigenvalue weighted by Crippen LogP contribution is 2.30. The fourth-order valence-corrected chi connectivity index (χ4v) is 4.79. The number of nitrogens with zero attached hydrogens (tertiary/aromatic N) is 1. The molecule has 0 radical (unpaired) electrons. The zero-order valence-electron chi connectivity index (χ0n) is 17.6. The molecule has 9 heteroatoms. The molecule has 0 bridgehead atoms. The van der Waals surface area contributed by atoms with Gasteiger partial charge in [-0.2, -0.15) is 0 Å². The van der Waals surface area contributed by atoms with Gasteiger partial charge in [0.25, 0.3) is 15.9 Å². The molecule has 0 aliphatic carbocycles. The monoisotopic (exact) mass is 483 g/mol. The van der Waals surface area contributed by atoms with Gasteiger partial charge in [-0.25, -0.2) is 8.42 Å². The van der Waals surface area contributed by atoms with Gasteiger partial charge in [0.15, 0.2) is 0 Å². The van der Waals surface area contributed by atoms with Crippen LogP contribution in [0.15, 0.2) is 96.4 Å². The molecule has 0 aliphatic heterocycles. The highest BCUT2D eigenvalue weighted by atomic mass is 35.5. The minimum Gasteiger partial charge on any atom is -0.349 e. The van der Waals surface area contributed by atoms with Crippen molar-refractivity contribution < 1.29 is 18.0 Å². The van der Waals surface area contributed by atoms with E-state index >= 15 is 0 Å². The lowest BCUT2D eigenvalue weighted by atomic mass is 10.1. The quantitative estimate of drug-likeness (QED) is 0.448. The summed E-state index contributed by atoms with van der Waals surface area (Å²) < 4.78 is 27.7. The minimum absolute atomic E-state index is 0.0157. The van der Waals surface area contributed by atoms with E-state index in [0.717, 1.165) is 4.31 Å². The smallest absolute Gasteiger partial charge is 0.264 e. The fraction of sp³-hybridized carbons (Fsp3) is 0.0833. The fourth-order valence-electron chi connectivity index (χ4n) is 3.04. The minimum atomic E-state index is -4.10. The summed E-state index contributed by atoms with van der Waals surface area (Å²) in [5, 5.41) is 5.46. The molecule has 0 aliphatic rings. The Morgan fingerprint density at radius 1 is 0.939 bits per heavy atom. The lowest BCUT2D eigenvalue weighted by Gasteiger charge is -2.25. The average molecular weight is 484 g/mol. The molecule has 0 saturated carbocycles. The lowest BCUT2D eigenvalue weighted by molar-refractivity contribution is -0.114. The van der Waals surface area contributed by atoms with Crippen LogP contribution < -0.4 is 14.9 Å². The molecule has 0 atom stereocenters. The maximum atomic E-state index is 13.4. The van der Waals surface area contributed by atoms with Crippen molar-refractivity contribution >= 4 is 44.8 Å². The molecule has 3 aromatic carbocycles. The Kier molecular flexibility index (Phi) is 7.87. The van der Waals surface area contributed by atoms with Crippen molar-refractivity contribution in [3.63, 3.8) is 0 Å². The summed E-state index contributed by atoms with van der Waals surface area (Å²) >= 11 is 6.27. The van der Waals surface area contributed by atoms with Crippen molar-refractivity contribution in [3.8, 4) is 0 Å². The second-order valence-electron chi connectivity index (χ2n) is 6.87. The summed E-state index contributed by atoms with van der Waals surface area (Å²) in [5.41, 5.74) is 0.651. The molecular formula is C24H22ClN3O4S. The zero-order chi connectivity index (χ0) is 23.8. The van der Waals surface area contributed by atoms with Crippen molar-refractivity contribution in [2.45, 2.75) is 4.90 Å². The van der Waals surface area contributed by atoms with Crippen LogP contribution >= 0.6 is 11.6 Å². The molecule has 33 heavy (non-hydrogen) atoms. The van der Waals surface area contributed by atoms with Crippen LogP contribution in [0.3, 0.4) is 0 Å². The first-order chi connectivity index (χ1) is 15.8. The molecule has 2 amide bonds. The highest BCUT2D eigenvalue weighted by Gasteiger charge is 2.29. The van der Waals surface area contributed by atoms with Crippen LogP contribution in [0.5, 0.6) is 0 Å². The maximum absolute atomic E-state index is 13.4. The number of hydrogen-bond acceptors (Lipinski definition) is 4. The Hall–Kier alpha value is -3.62. The molecule has 0 saturated heterocycles. The van der Waals surface area contributed by atoms with E-state index in [-0.39, 0.29) is 33.4 Å². The number of carbonyl (C=O) groups is 2. The Balaban J connectivity index is 1.92. The third-order valence-electron chi connectivity index (χ3n) is 4.59. The summed E-state index contributed by atoms with van der Waals surface area (Å²) in [6, 6.07) is 20.6. The van der Waals surface area contributed by atoms with Crippen LogP contribution in [0.1, 0.15) is 10.4 Å². The van der Waals surface area contributed by atoms with E-state index < -0.39 is 28.4 Å². The van der Waals surface area contributed by atoms with E-state index in [2.05, 4.69) is 17.2 Å². The number of halogens is 1. The number of nitrogens with one attached hydrogen (secondary N) is 2. The van der Waals surface area contributed by atoms with E-state index in [0.29, 0.717) is 0 Å². The molecule has 0 heterocycles. The largest absolute Gasteiger partial charge is 0.349 e. The first kappa shape index (κ1) is 24.0. The Bertz CT molecular complexity index is 1260. The van der Waals surface area contributed by atoms with Crippen molar-refractivity contribution in [2.24, 2.45) is 0 Å². The number of anilines is 2. The van der Waals surface area contributed by atoms with E-state index in [4.69, 9.17) is 11.6 Å². The molecule has 0 aromatic heterocycles. The van der Waals surface area contributed by atoms with Crippen LogP contribution in [0.2, 0.25) is 5.02 Å². The predicted molar refractivity (Wildman–Crippen MR) is 130 cm³/mol. The van der Waals surface area contributed by atoms with Crippen molar-refractivity contribution in [3.05, 3.63) is 102 Å². The number of sulfonamides is 1. The molecule has 0 unspecified atom stereocenters. The molecule has 170 valence electrons. The summed E-state index contributed by atoms with van der Waals surface area (Å²) in [4.78, 5) is 25.4. The predicted octanol–water partition coefficient (Wildman–Crippen LogP) is 4.09. The van der Waals surface area contributed by atoms with E-state index in [9.17, 15) is 18.0 Å².